The zero-order valence-corrected chi connectivity index (χ0v) is 8.28. The van der Waals surface area contributed by atoms with Crippen molar-refractivity contribution in [1.29, 1.82) is 0 Å². The third-order valence-corrected chi connectivity index (χ3v) is 2.33. The minimum absolute atomic E-state index is 0.119. The molecule has 0 bridgehead atoms. The summed E-state index contributed by atoms with van der Waals surface area (Å²) in [5.41, 5.74) is 2.80. The highest BCUT2D eigenvalue weighted by Crippen LogP contribution is 2.26. The number of benzene rings is 1. The van der Waals surface area contributed by atoms with Crippen LogP contribution < -0.4 is 11.3 Å². The Morgan fingerprint density at radius 2 is 1.88 bits per heavy atom. The van der Waals surface area contributed by atoms with Crippen LogP contribution in [-0.4, -0.2) is 0 Å². The molecule has 3 N–H and O–H groups in total. The fourth-order valence-electron chi connectivity index (χ4n) is 1.57. The lowest BCUT2D eigenvalue weighted by Crippen LogP contribution is -2.30. The summed E-state index contributed by atoms with van der Waals surface area (Å²) in [6.45, 7) is 0. The minimum Gasteiger partial charge on any atom is -0.472 e. The molecule has 0 saturated heterocycles. The van der Waals surface area contributed by atoms with Gasteiger partial charge >= 0.3 is 0 Å². The summed E-state index contributed by atoms with van der Waals surface area (Å²) in [4.78, 5) is 0. The molecule has 2 aromatic rings. The lowest BCUT2D eigenvalue weighted by Gasteiger charge is -2.15. The summed E-state index contributed by atoms with van der Waals surface area (Å²) < 4.78 is 31.9. The van der Waals surface area contributed by atoms with E-state index in [-0.39, 0.29) is 5.56 Å². The van der Waals surface area contributed by atoms with Gasteiger partial charge in [0.1, 0.15) is 11.6 Å². The summed E-state index contributed by atoms with van der Waals surface area (Å²) in [5.74, 6) is 4.01. The van der Waals surface area contributed by atoms with Crippen molar-refractivity contribution in [3.05, 3.63) is 59.6 Å². The van der Waals surface area contributed by atoms with Crippen molar-refractivity contribution in [1.82, 2.24) is 5.43 Å². The Morgan fingerprint density at radius 1 is 1.19 bits per heavy atom. The van der Waals surface area contributed by atoms with E-state index in [1.165, 1.54) is 30.7 Å². The van der Waals surface area contributed by atoms with Gasteiger partial charge in [-0.2, -0.15) is 0 Å². The van der Waals surface area contributed by atoms with Crippen molar-refractivity contribution in [3.8, 4) is 0 Å². The van der Waals surface area contributed by atoms with E-state index >= 15 is 0 Å². The standard InChI is InChI=1S/C11H10F2N2O/c12-8-2-1-3-9(13)10(8)11(15-14)7-4-5-16-6-7/h1-6,11,15H,14H2. The molecular formula is C11H10F2N2O. The van der Waals surface area contributed by atoms with Crippen LogP contribution in [0.5, 0.6) is 0 Å². The molecule has 1 unspecified atom stereocenters. The Kier molecular flexibility index (Phi) is 2.98. The first-order valence-corrected chi connectivity index (χ1v) is 4.66. The number of nitrogens with two attached hydrogens (primary N) is 1. The third-order valence-electron chi connectivity index (χ3n) is 2.33. The molecule has 0 aliphatic heterocycles. The quantitative estimate of drug-likeness (QED) is 0.620. The SMILES string of the molecule is NNC(c1ccoc1)c1c(F)cccc1F. The van der Waals surface area contributed by atoms with Gasteiger partial charge in [-0.25, -0.2) is 14.2 Å². The van der Waals surface area contributed by atoms with E-state index in [4.69, 9.17) is 10.3 Å². The monoisotopic (exact) mass is 224 g/mol. The first-order chi connectivity index (χ1) is 7.74. The number of furan rings is 1. The molecule has 16 heavy (non-hydrogen) atoms. The van der Waals surface area contributed by atoms with E-state index < -0.39 is 17.7 Å². The molecular weight excluding hydrogens is 214 g/mol. The van der Waals surface area contributed by atoms with E-state index in [1.54, 1.807) is 6.07 Å². The second-order valence-electron chi connectivity index (χ2n) is 3.29. The van der Waals surface area contributed by atoms with Gasteiger partial charge in [0, 0.05) is 11.1 Å². The molecule has 0 radical (unpaired) electrons. The second kappa shape index (κ2) is 4.42. The fraction of sp³-hybridized carbons (Fsp3) is 0.0909. The van der Waals surface area contributed by atoms with Crippen molar-refractivity contribution in [2.75, 3.05) is 0 Å². The van der Waals surface area contributed by atoms with Crippen LogP contribution in [0.15, 0.2) is 41.2 Å². The number of halogens is 2. The van der Waals surface area contributed by atoms with Crippen LogP contribution in [0.25, 0.3) is 0 Å². The molecule has 0 aliphatic carbocycles. The van der Waals surface area contributed by atoms with Crippen molar-refractivity contribution in [2.24, 2.45) is 5.84 Å². The predicted molar refractivity (Wildman–Crippen MR) is 54.2 cm³/mol. The maximum atomic E-state index is 13.5. The number of hydrogen-bond acceptors (Lipinski definition) is 3. The van der Waals surface area contributed by atoms with Gasteiger partial charge < -0.3 is 4.42 Å². The van der Waals surface area contributed by atoms with Crippen LogP contribution >= 0.6 is 0 Å². The van der Waals surface area contributed by atoms with Crippen LogP contribution in [0.4, 0.5) is 8.78 Å². The summed E-state index contributed by atoms with van der Waals surface area (Å²) in [5, 5.41) is 0. The fourth-order valence-corrected chi connectivity index (χ4v) is 1.57. The lowest BCUT2D eigenvalue weighted by molar-refractivity contribution is 0.504. The number of nitrogens with one attached hydrogen (secondary N) is 1. The normalized spacial score (nSPS) is 12.7. The molecule has 0 amide bonds. The molecule has 1 heterocycles. The van der Waals surface area contributed by atoms with Crippen LogP contribution in [0.2, 0.25) is 0 Å². The highest BCUT2D eigenvalue weighted by Gasteiger charge is 2.21. The molecule has 1 atom stereocenters. The Bertz CT molecular complexity index is 451. The third kappa shape index (κ3) is 1.82. The predicted octanol–water partition coefficient (Wildman–Crippen LogP) is 2.11. The minimum atomic E-state index is -0.764. The van der Waals surface area contributed by atoms with E-state index in [0.717, 1.165) is 0 Å². The second-order valence-corrected chi connectivity index (χ2v) is 3.29. The lowest BCUT2D eigenvalue weighted by atomic mass is 10.0. The summed E-state index contributed by atoms with van der Waals surface area (Å²) >= 11 is 0. The maximum Gasteiger partial charge on any atom is 0.131 e. The smallest absolute Gasteiger partial charge is 0.131 e. The molecule has 0 aliphatic rings. The molecule has 1 aromatic carbocycles. The first-order valence-electron chi connectivity index (χ1n) is 4.66. The highest BCUT2D eigenvalue weighted by atomic mass is 19.1. The molecule has 3 nitrogen and oxygen atoms in total. The first kappa shape index (κ1) is 10.8. The number of rotatable bonds is 3. The summed E-state index contributed by atoms with van der Waals surface area (Å²) in [7, 11) is 0. The Hall–Kier alpha value is -1.72. The van der Waals surface area contributed by atoms with Gasteiger partial charge in [0.2, 0.25) is 0 Å². The average molecular weight is 224 g/mol. The van der Waals surface area contributed by atoms with Crippen LogP contribution in [0.1, 0.15) is 17.2 Å². The van der Waals surface area contributed by atoms with Crippen molar-refractivity contribution < 1.29 is 13.2 Å². The number of hydrazine groups is 1. The van der Waals surface area contributed by atoms with Gasteiger partial charge in [-0.1, -0.05) is 6.07 Å². The Labute approximate surface area is 90.8 Å². The molecule has 0 saturated carbocycles. The zero-order chi connectivity index (χ0) is 11.5. The Balaban J connectivity index is 2.49. The van der Waals surface area contributed by atoms with Gasteiger partial charge in [-0.15, -0.1) is 0 Å². The van der Waals surface area contributed by atoms with Gasteiger partial charge in [0.25, 0.3) is 0 Å². The molecule has 5 heteroatoms. The van der Waals surface area contributed by atoms with Crippen LogP contribution in [-0.2, 0) is 0 Å². The molecule has 0 fully saturated rings. The number of hydrogen-bond donors (Lipinski definition) is 2. The van der Waals surface area contributed by atoms with E-state index in [9.17, 15) is 8.78 Å². The van der Waals surface area contributed by atoms with Gasteiger partial charge in [0.05, 0.1) is 18.6 Å². The maximum absolute atomic E-state index is 13.5. The zero-order valence-electron chi connectivity index (χ0n) is 8.28. The largest absolute Gasteiger partial charge is 0.472 e. The topological polar surface area (TPSA) is 51.2 Å². The van der Waals surface area contributed by atoms with Crippen molar-refractivity contribution in [3.63, 3.8) is 0 Å². The summed E-state index contributed by atoms with van der Waals surface area (Å²) in [6, 6.07) is 4.50. The average Bonchev–Trinajstić information content (AvgIpc) is 2.77. The van der Waals surface area contributed by atoms with Crippen molar-refractivity contribution >= 4 is 0 Å². The van der Waals surface area contributed by atoms with Gasteiger partial charge in [-0.3, -0.25) is 5.84 Å². The van der Waals surface area contributed by atoms with Crippen LogP contribution in [0.3, 0.4) is 0 Å². The highest BCUT2D eigenvalue weighted by molar-refractivity contribution is 5.31. The van der Waals surface area contributed by atoms with E-state index in [1.807, 2.05) is 0 Å². The molecule has 0 spiro atoms. The molecule has 2 rings (SSSR count). The Morgan fingerprint density at radius 3 is 2.38 bits per heavy atom. The van der Waals surface area contributed by atoms with Gasteiger partial charge in [0.15, 0.2) is 0 Å². The van der Waals surface area contributed by atoms with Gasteiger partial charge in [-0.05, 0) is 18.2 Å². The van der Waals surface area contributed by atoms with E-state index in [0.29, 0.717) is 5.56 Å². The summed E-state index contributed by atoms with van der Waals surface area (Å²) in [6.07, 6.45) is 2.80. The molecule has 84 valence electrons. The van der Waals surface area contributed by atoms with Crippen LogP contribution in [0, 0.1) is 11.6 Å². The van der Waals surface area contributed by atoms with Crippen molar-refractivity contribution in [2.45, 2.75) is 6.04 Å². The molecule has 1 aromatic heterocycles. The van der Waals surface area contributed by atoms with E-state index in [2.05, 4.69) is 5.43 Å².